The molecule has 4 aromatic rings. The number of hydrogen-bond acceptors (Lipinski definition) is 2. The topological polar surface area (TPSA) is 25.8 Å². The van der Waals surface area contributed by atoms with E-state index < -0.39 is 7.81 Å². The molecule has 2 aromatic carbocycles. The molecular weight excluding hydrogens is 646 g/mol. The van der Waals surface area contributed by atoms with Gasteiger partial charge in [0.15, 0.2) is 0 Å². The number of aromatic nitrogens is 2. The van der Waals surface area contributed by atoms with Crippen LogP contribution < -0.4 is 0 Å². The summed E-state index contributed by atoms with van der Waals surface area (Å²) in [5.74, 6) is 7.71. The maximum Gasteiger partial charge on any atom is 2.00 e. The van der Waals surface area contributed by atoms with Crippen molar-refractivity contribution in [1.29, 1.82) is 0 Å². The summed E-state index contributed by atoms with van der Waals surface area (Å²) in [6.07, 6.45) is 6.73. The van der Waals surface area contributed by atoms with Crippen LogP contribution in [0.2, 0.25) is 0 Å². The summed E-state index contributed by atoms with van der Waals surface area (Å²) in [5.41, 5.74) is 3.31. The van der Waals surface area contributed by atoms with Crippen LogP contribution in [-0.2, 0) is 19.5 Å². The first kappa shape index (κ1) is 35.1. The zero-order chi connectivity index (χ0) is 29.8. The Kier molecular flexibility index (Phi) is 11.2. The van der Waals surface area contributed by atoms with Gasteiger partial charge < -0.3 is 0 Å². The number of halogens is 6. The Morgan fingerprint density at radius 1 is 0.659 bits per heavy atom. The minimum Gasteiger partial charge on any atom is -0.254 e. The third-order valence-electron chi connectivity index (χ3n) is 6.87. The predicted octanol–water partition coefficient (Wildman–Crippen LogP) is 11.3. The van der Waals surface area contributed by atoms with Crippen LogP contribution in [0.15, 0.2) is 79.1 Å². The number of rotatable bonds is 4. The summed E-state index contributed by atoms with van der Waals surface area (Å²) < 4.78 is 59.2. The Balaban J connectivity index is 0.000000235. The Labute approximate surface area is 251 Å². The van der Waals surface area contributed by atoms with Gasteiger partial charge >= 0.3 is 52.5 Å². The van der Waals surface area contributed by atoms with Gasteiger partial charge in [-0.1, -0.05) is 82.3 Å². The van der Waals surface area contributed by atoms with E-state index in [1.165, 1.54) is 35.2 Å². The maximum absolute atomic E-state index is 10.7. The van der Waals surface area contributed by atoms with Crippen LogP contribution in [0, 0.1) is 42.9 Å². The van der Waals surface area contributed by atoms with Crippen LogP contribution in [-0.4, -0.2) is 9.97 Å². The molecule has 1 atom stereocenters. The summed E-state index contributed by atoms with van der Waals surface area (Å²) in [7, 11) is -10.7. The summed E-state index contributed by atoms with van der Waals surface area (Å²) in [5, 5.41) is 2.28. The molecule has 41 heavy (non-hydrogen) atoms. The second kappa shape index (κ2) is 13.0. The standard InChI is InChI=1S/C19H23.C12H8N2.F6P.Ru/c1-6-17(18-10-8-7-9-11-18)12-19-15(4)13(2)14(3)16(19)5;1-3-9-5-6-10-4-2-8-14-12(10)11(9)13-7-1;1-7(2,3,4,5)6;/h6-11,17H,1,12H2,2-5H3;1-8H;;/q;;-1;+2. The summed E-state index contributed by atoms with van der Waals surface area (Å²) in [6, 6.07) is 22.8. The molecule has 1 saturated carbocycles. The van der Waals surface area contributed by atoms with Crippen molar-refractivity contribution in [2.24, 2.45) is 0 Å². The number of benzene rings is 2. The van der Waals surface area contributed by atoms with Crippen LogP contribution in [0.3, 0.4) is 0 Å². The molecule has 2 nitrogen and oxygen atoms in total. The number of hydrogen-bond donors (Lipinski definition) is 0. The van der Waals surface area contributed by atoms with E-state index in [0.717, 1.165) is 28.2 Å². The van der Waals surface area contributed by atoms with Gasteiger partial charge in [0.2, 0.25) is 0 Å². The van der Waals surface area contributed by atoms with Gasteiger partial charge in [0.05, 0.1) is 11.0 Å². The summed E-state index contributed by atoms with van der Waals surface area (Å²) >= 11 is 0. The fourth-order valence-electron chi connectivity index (χ4n) is 4.54. The fraction of sp³-hybridized carbons (Fsp3) is 0.194. The Morgan fingerprint density at radius 2 is 1.07 bits per heavy atom. The minimum absolute atomic E-state index is 0. The first-order valence-corrected chi connectivity index (χ1v) is 14.5. The van der Waals surface area contributed by atoms with E-state index in [1.54, 1.807) is 12.4 Å². The first-order chi connectivity index (χ1) is 18.5. The van der Waals surface area contributed by atoms with Crippen molar-refractivity contribution in [2.75, 3.05) is 0 Å². The van der Waals surface area contributed by atoms with Crippen LogP contribution in [0.4, 0.5) is 25.2 Å². The zero-order valence-corrected chi connectivity index (χ0v) is 25.7. The normalized spacial score (nSPS) is 17.9. The molecule has 2 aromatic heterocycles. The van der Waals surface area contributed by atoms with Crippen molar-refractivity contribution in [3.63, 3.8) is 0 Å². The molecule has 2 heterocycles. The van der Waals surface area contributed by atoms with Crippen molar-refractivity contribution in [1.82, 2.24) is 9.97 Å². The molecule has 1 unspecified atom stereocenters. The average molecular weight is 678 g/mol. The molecule has 1 fully saturated rings. The molecule has 5 rings (SSSR count). The van der Waals surface area contributed by atoms with Gasteiger partial charge in [-0.3, -0.25) is 9.97 Å². The van der Waals surface area contributed by atoms with Gasteiger partial charge in [0.25, 0.3) is 0 Å². The fourth-order valence-corrected chi connectivity index (χ4v) is 4.54. The van der Waals surface area contributed by atoms with Crippen molar-refractivity contribution < 1.29 is 44.7 Å². The van der Waals surface area contributed by atoms with Gasteiger partial charge in [-0.25, -0.2) is 0 Å². The largest absolute Gasteiger partial charge is 2.00 e. The first-order valence-electron chi connectivity index (χ1n) is 12.5. The Bertz CT molecular complexity index is 1320. The molecule has 1 aliphatic carbocycles. The van der Waals surface area contributed by atoms with Crippen molar-refractivity contribution in [3.8, 4) is 0 Å². The van der Waals surface area contributed by atoms with Gasteiger partial charge in [-0.05, 0) is 73.0 Å². The molecule has 10 heteroatoms. The Hall–Kier alpha value is -2.11. The SMILES string of the molecule is F[P-](F)(F)(F)(F)F.[CH2][CH]C(C[C]1[C](C)[C](C)[C](C)[C]1C)c1ccccc1.[Ru+2].c1cnc2c(c1)ccc1cccnc12. The van der Waals surface area contributed by atoms with E-state index in [4.69, 9.17) is 0 Å². The van der Waals surface area contributed by atoms with Gasteiger partial charge in [0.1, 0.15) is 0 Å². The maximum atomic E-state index is 9.87. The minimum atomic E-state index is -10.7. The molecule has 0 amide bonds. The van der Waals surface area contributed by atoms with Crippen LogP contribution in [0.1, 0.15) is 45.6 Å². The van der Waals surface area contributed by atoms with Crippen molar-refractivity contribution in [2.45, 2.75) is 40.0 Å². The molecule has 0 spiro atoms. The van der Waals surface area contributed by atoms with E-state index in [0.29, 0.717) is 5.92 Å². The Morgan fingerprint density at radius 3 is 1.46 bits per heavy atom. The van der Waals surface area contributed by atoms with Crippen molar-refractivity contribution in [3.05, 3.63) is 128 Å². The van der Waals surface area contributed by atoms with E-state index in [-0.39, 0.29) is 19.5 Å². The van der Waals surface area contributed by atoms with Gasteiger partial charge in [-0.2, -0.15) is 0 Å². The molecule has 0 N–H and O–H groups in total. The van der Waals surface area contributed by atoms with E-state index in [2.05, 4.69) is 106 Å². The second-order valence-electron chi connectivity index (χ2n) is 9.61. The molecule has 0 aliphatic heterocycles. The average Bonchev–Trinajstić information content (AvgIpc) is 3.08. The smallest absolute Gasteiger partial charge is 0.254 e. The summed E-state index contributed by atoms with van der Waals surface area (Å²) in [4.78, 5) is 8.69. The quantitative estimate of drug-likeness (QED) is 0.0930. The number of fused-ring (bicyclic) bond motifs is 3. The molecular formula is C31H31F6N2PRu+. The monoisotopic (exact) mass is 678 g/mol. The number of pyridine rings is 2. The summed E-state index contributed by atoms with van der Waals surface area (Å²) in [6.45, 7) is 13.0. The zero-order valence-electron chi connectivity index (χ0n) is 23.0. The van der Waals surface area contributed by atoms with E-state index >= 15 is 0 Å². The van der Waals surface area contributed by atoms with Gasteiger partial charge in [0, 0.05) is 23.2 Å². The molecule has 219 valence electrons. The molecule has 1 aliphatic rings. The van der Waals surface area contributed by atoms with E-state index in [1.807, 2.05) is 12.1 Å². The number of nitrogens with zero attached hydrogens (tertiary/aromatic N) is 2. The molecule has 7 radical (unpaired) electrons. The molecule has 0 bridgehead atoms. The predicted molar refractivity (Wildman–Crippen MR) is 153 cm³/mol. The van der Waals surface area contributed by atoms with Crippen LogP contribution >= 0.6 is 7.81 Å². The van der Waals surface area contributed by atoms with Crippen LogP contribution in [0.5, 0.6) is 0 Å². The third-order valence-corrected chi connectivity index (χ3v) is 6.87. The van der Waals surface area contributed by atoms with Crippen LogP contribution in [0.25, 0.3) is 21.8 Å². The van der Waals surface area contributed by atoms with E-state index in [9.17, 15) is 25.2 Å². The molecule has 0 saturated heterocycles. The van der Waals surface area contributed by atoms with Crippen molar-refractivity contribution >= 4 is 29.6 Å². The third kappa shape index (κ3) is 10.9. The van der Waals surface area contributed by atoms with Gasteiger partial charge in [-0.15, -0.1) is 0 Å². The second-order valence-corrected chi connectivity index (χ2v) is 11.5.